The Hall–Kier alpha value is -0.280. The summed E-state index contributed by atoms with van der Waals surface area (Å²) in [7, 11) is 0. The summed E-state index contributed by atoms with van der Waals surface area (Å²) < 4.78 is 26.4. The van der Waals surface area contributed by atoms with E-state index in [1.807, 2.05) is 12.1 Å². The zero-order chi connectivity index (χ0) is 14.7. The van der Waals surface area contributed by atoms with E-state index in [0.29, 0.717) is 31.7 Å². The molecule has 0 unspecified atom stereocenters. The smallest absolute Gasteiger partial charge is 0.255 e. The standard InChI is InChI=1S/C13H14BrF2IN2O/c14-9-1-2-11(17)10(7-9)13(20)19-5-3-18(4-6-19)8-12(15)16/h1-2,7,12H,3-6,8H2. The summed E-state index contributed by atoms with van der Waals surface area (Å²) in [5, 5.41) is 0. The van der Waals surface area contributed by atoms with Crippen LogP contribution in [0.1, 0.15) is 10.4 Å². The highest BCUT2D eigenvalue weighted by Gasteiger charge is 2.24. The zero-order valence-electron chi connectivity index (χ0n) is 10.7. The van der Waals surface area contributed by atoms with Crippen LogP contribution in [0.2, 0.25) is 0 Å². The van der Waals surface area contributed by atoms with E-state index in [9.17, 15) is 13.6 Å². The Kier molecular flexibility index (Phi) is 5.74. The summed E-state index contributed by atoms with van der Waals surface area (Å²) in [5.41, 5.74) is 0.655. The Morgan fingerprint density at radius 3 is 2.55 bits per heavy atom. The Labute approximate surface area is 138 Å². The quantitative estimate of drug-likeness (QED) is 0.650. The van der Waals surface area contributed by atoms with Gasteiger partial charge >= 0.3 is 0 Å². The second-order valence-electron chi connectivity index (χ2n) is 4.61. The Bertz CT molecular complexity index is 493. The van der Waals surface area contributed by atoms with E-state index in [1.165, 1.54) is 0 Å². The van der Waals surface area contributed by atoms with Crippen LogP contribution in [0.5, 0.6) is 0 Å². The normalized spacial score (nSPS) is 16.8. The third kappa shape index (κ3) is 4.11. The number of hydrogen-bond donors (Lipinski definition) is 0. The molecule has 1 aliphatic rings. The molecule has 110 valence electrons. The number of nitrogens with zero attached hydrogens (tertiary/aromatic N) is 2. The van der Waals surface area contributed by atoms with Crippen LogP contribution in [0.25, 0.3) is 0 Å². The van der Waals surface area contributed by atoms with Gasteiger partial charge in [-0.15, -0.1) is 0 Å². The molecule has 1 heterocycles. The number of rotatable bonds is 3. The fraction of sp³-hybridized carbons (Fsp3) is 0.462. The molecule has 7 heteroatoms. The van der Waals surface area contributed by atoms with Crippen molar-refractivity contribution in [3.8, 4) is 0 Å². The van der Waals surface area contributed by atoms with Gasteiger partial charge in [-0.25, -0.2) is 8.78 Å². The Morgan fingerprint density at radius 2 is 1.95 bits per heavy atom. The molecule has 1 aromatic carbocycles. The van der Waals surface area contributed by atoms with Crippen LogP contribution in [-0.2, 0) is 0 Å². The first-order valence-electron chi connectivity index (χ1n) is 6.22. The molecule has 1 saturated heterocycles. The van der Waals surface area contributed by atoms with E-state index in [-0.39, 0.29) is 12.5 Å². The van der Waals surface area contributed by atoms with Crippen LogP contribution in [0.4, 0.5) is 8.78 Å². The van der Waals surface area contributed by atoms with Crippen molar-refractivity contribution >= 4 is 44.4 Å². The summed E-state index contributed by atoms with van der Waals surface area (Å²) in [4.78, 5) is 15.9. The van der Waals surface area contributed by atoms with E-state index in [1.54, 1.807) is 15.9 Å². The van der Waals surface area contributed by atoms with Crippen LogP contribution >= 0.6 is 38.5 Å². The summed E-state index contributed by atoms with van der Waals surface area (Å²) in [6.45, 7) is 1.78. The molecular weight excluding hydrogens is 445 g/mol. The van der Waals surface area contributed by atoms with Gasteiger partial charge in [0.15, 0.2) is 0 Å². The summed E-state index contributed by atoms with van der Waals surface area (Å²) in [5.74, 6) is -0.0348. The van der Waals surface area contributed by atoms with E-state index in [2.05, 4.69) is 38.5 Å². The van der Waals surface area contributed by atoms with Crippen molar-refractivity contribution in [3.05, 3.63) is 31.8 Å². The zero-order valence-corrected chi connectivity index (χ0v) is 14.4. The number of carbonyl (C=O) groups is 1. The largest absolute Gasteiger partial charge is 0.336 e. The minimum Gasteiger partial charge on any atom is -0.336 e. The van der Waals surface area contributed by atoms with Gasteiger partial charge in [-0.2, -0.15) is 0 Å². The van der Waals surface area contributed by atoms with Gasteiger partial charge in [0, 0.05) is 34.2 Å². The number of alkyl halides is 2. The molecule has 2 rings (SSSR count). The van der Waals surface area contributed by atoms with Gasteiger partial charge < -0.3 is 4.90 Å². The van der Waals surface area contributed by atoms with Crippen molar-refractivity contribution in [1.82, 2.24) is 9.80 Å². The number of halogens is 4. The maximum atomic E-state index is 12.4. The van der Waals surface area contributed by atoms with Gasteiger partial charge in [0.25, 0.3) is 12.3 Å². The first kappa shape index (κ1) is 16.1. The van der Waals surface area contributed by atoms with Crippen molar-refractivity contribution in [3.63, 3.8) is 0 Å². The van der Waals surface area contributed by atoms with Crippen LogP contribution in [-0.4, -0.2) is 54.9 Å². The van der Waals surface area contributed by atoms with Crippen molar-refractivity contribution in [2.75, 3.05) is 32.7 Å². The fourth-order valence-electron chi connectivity index (χ4n) is 2.16. The number of amides is 1. The van der Waals surface area contributed by atoms with Gasteiger partial charge in [0.05, 0.1) is 12.1 Å². The molecule has 0 aromatic heterocycles. The van der Waals surface area contributed by atoms with E-state index in [4.69, 9.17) is 0 Å². The van der Waals surface area contributed by atoms with Gasteiger partial charge in [-0.1, -0.05) is 15.9 Å². The predicted molar refractivity (Wildman–Crippen MR) is 85.2 cm³/mol. The summed E-state index contributed by atoms with van der Waals surface area (Å²) >= 11 is 5.49. The monoisotopic (exact) mass is 458 g/mol. The van der Waals surface area contributed by atoms with Crippen molar-refractivity contribution in [1.29, 1.82) is 0 Å². The number of carbonyl (C=O) groups excluding carboxylic acids is 1. The average Bonchev–Trinajstić information content (AvgIpc) is 2.41. The Balaban J connectivity index is 2.00. The average molecular weight is 459 g/mol. The lowest BCUT2D eigenvalue weighted by atomic mass is 10.2. The van der Waals surface area contributed by atoms with Gasteiger partial charge in [0.2, 0.25) is 0 Å². The molecule has 3 nitrogen and oxygen atoms in total. The molecule has 1 fully saturated rings. The van der Waals surface area contributed by atoms with Crippen LogP contribution in [0, 0.1) is 3.57 Å². The summed E-state index contributed by atoms with van der Waals surface area (Å²) in [6, 6.07) is 5.57. The van der Waals surface area contributed by atoms with Crippen LogP contribution in [0.3, 0.4) is 0 Å². The van der Waals surface area contributed by atoms with Crippen LogP contribution < -0.4 is 0 Å². The molecule has 0 spiro atoms. The van der Waals surface area contributed by atoms with Gasteiger partial charge in [-0.3, -0.25) is 9.69 Å². The third-order valence-electron chi connectivity index (χ3n) is 3.21. The van der Waals surface area contributed by atoms with Crippen molar-refractivity contribution in [2.24, 2.45) is 0 Å². The first-order valence-corrected chi connectivity index (χ1v) is 8.09. The molecule has 0 atom stereocenters. The molecule has 0 radical (unpaired) electrons. The second-order valence-corrected chi connectivity index (χ2v) is 6.69. The Morgan fingerprint density at radius 1 is 1.30 bits per heavy atom. The first-order chi connectivity index (χ1) is 9.47. The van der Waals surface area contributed by atoms with Crippen molar-refractivity contribution in [2.45, 2.75) is 6.43 Å². The molecule has 0 bridgehead atoms. The number of hydrogen-bond acceptors (Lipinski definition) is 2. The maximum absolute atomic E-state index is 12.4. The van der Waals surface area contributed by atoms with Gasteiger partial charge in [0.1, 0.15) is 0 Å². The molecule has 20 heavy (non-hydrogen) atoms. The van der Waals surface area contributed by atoms with Crippen molar-refractivity contribution < 1.29 is 13.6 Å². The minimum atomic E-state index is -2.32. The molecule has 0 N–H and O–H groups in total. The number of piperazine rings is 1. The highest BCUT2D eigenvalue weighted by atomic mass is 127. The molecule has 1 aromatic rings. The van der Waals surface area contributed by atoms with Crippen LogP contribution in [0.15, 0.2) is 22.7 Å². The number of benzene rings is 1. The topological polar surface area (TPSA) is 23.6 Å². The SMILES string of the molecule is O=C(c1cc(Br)ccc1I)N1CCN(CC(F)F)CC1. The molecule has 0 aliphatic carbocycles. The van der Waals surface area contributed by atoms with E-state index >= 15 is 0 Å². The van der Waals surface area contributed by atoms with Gasteiger partial charge in [-0.05, 0) is 40.8 Å². The fourth-order valence-corrected chi connectivity index (χ4v) is 3.09. The van der Waals surface area contributed by atoms with E-state index in [0.717, 1.165) is 8.04 Å². The highest BCUT2D eigenvalue weighted by Crippen LogP contribution is 2.20. The lowest BCUT2D eigenvalue weighted by molar-refractivity contribution is 0.0458. The predicted octanol–water partition coefficient (Wildman–Crippen LogP) is 3.08. The molecule has 1 aliphatic heterocycles. The molecule has 1 amide bonds. The molecule has 0 saturated carbocycles. The highest BCUT2D eigenvalue weighted by molar-refractivity contribution is 14.1. The van der Waals surface area contributed by atoms with E-state index < -0.39 is 6.43 Å². The second kappa shape index (κ2) is 7.13. The summed E-state index contributed by atoms with van der Waals surface area (Å²) in [6.07, 6.45) is -2.32. The lowest BCUT2D eigenvalue weighted by Crippen LogP contribution is -2.49. The molecular formula is C13H14BrF2IN2O. The minimum absolute atomic E-state index is 0.0348. The third-order valence-corrected chi connectivity index (χ3v) is 4.65. The maximum Gasteiger partial charge on any atom is 0.255 e. The lowest BCUT2D eigenvalue weighted by Gasteiger charge is -2.34.